The van der Waals surface area contributed by atoms with Crippen molar-refractivity contribution in [3.8, 4) is 0 Å². The maximum Gasteiger partial charge on any atom is 0.0687 e. The monoisotopic (exact) mass is 560 g/mol. The summed E-state index contributed by atoms with van der Waals surface area (Å²) >= 11 is 3.84. The minimum absolute atomic E-state index is 0.133. The third-order valence-corrected chi connectivity index (χ3v) is 8.97. The van der Waals surface area contributed by atoms with Crippen molar-refractivity contribution in [2.45, 2.75) is 92.2 Å². The molecule has 5 rings (SSSR count). The van der Waals surface area contributed by atoms with Crippen molar-refractivity contribution in [3.05, 3.63) is 77.4 Å². The van der Waals surface area contributed by atoms with Gasteiger partial charge >= 0.3 is 0 Å². The molecule has 37 heavy (non-hydrogen) atoms. The molecule has 0 amide bonds. The standard InChI is InChI=1S/C32H41BrN4/c1-7-19-20(8-2)27-15-28-21(9-3)22(10-4)29(36-28)16-30-23(11-5)24(12-6)31(37-30)17-32-25(33)13-18(34-32)14-26(19)35-27/h13-18,28,34-37H,7-12H2,1-6H3/b26-14-,27-15-,29-16?,32-17-. The summed E-state index contributed by atoms with van der Waals surface area (Å²) in [6.07, 6.45) is 17.8. The van der Waals surface area contributed by atoms with Gasteiger partial charge in [0.1, 0.15) is 0 Å². The largest absolute Gasteiger partial charge is 0.375 e. The molecular weight excluding hydrogens is 520 g/mol. The summed E-state index contributed by atoms with van der Waals surface area (Å²) in [6, 6.07) is 0.338. The number of allylic oxidation sites excluding steroid dienone is 2. The summed E-state index contributed by atoms with van der Waals surface area (Å²) in [5.74, 6) is 0. The minimum Gasteiger partial charge on any atom is -0.375 e. The second-order valence-electron chi connectivity index (χ2n) is 10.2. The first-order chi connectivity index (χ1) is 18.0. The maximum absolute atomic E-state index is 3.92. The van der Waals surface area contributed by atoms with Crippen LogP contribution >= 0.6 is 15.9 Å². The van der Waals surface area contributed by atoms with E-state index < -0.39 is 0 Å². The third-order valence-electron chi connectivity index (χ3n) is 8.28. The molecule has 5 heteroatoms. The van der Waals surface area contributed by atoms with E-state index >= 15 is 0 Å². The van der Waals surface area contributed by atoms with Crippen LogP contribution in [0.15, 0.2) is 33.1 Å². The van der Waals surface area contributed by atoms with Crippen molar-refractivity contribution in [2.75, 3.05) is 0 Å². The highest BCUT2D eigenvalue weighted by Gasteiger charge is 2.27. The van der Waals surface area contributed by atoms with Gasteiger partial charge in [0.05, 0.1) is 17.8 Å². The number of H-pyrrole nitrogens is 2. The van der Waals surface area contributed by atoms with E-state index in [1.165, 1.54) is 61.2 Å². The van der Waals surface area contributed by atoms with Crippen molar-refractivity contribution in [1.82, 2.24) is 20.6 Å². The van der Waals surface area contributed by atoms with E-state index in [2.05, 4.69) is 108 Å². The highest BCUT2D eigenvalue weighted by molar-refractivity contribution is 9.12. The van der Waals surface area contributed by atoms with Crippen LogP contribution in [0, 0.1) is 0 Å². The average Bonchev–Trinajstić information content (AvgIpc) is 3.60. The number of aromatic amines is 2. The van der Waals surface area contributed by atoms with Crippen molar-refractivity contribution in [2.24, 2.45) is 0 Å². The fourth-order valence-electron chi connectivity index (χ4n) is 6.59. The average molecular weight is 562 g/mol. The predicted molar refractivity (Wildman–Crippen MR) is 162 cm³/mol. The van der Waals surface area contributed by atoms with Crippen LogP contribution in [0.2, 0.25) is 0 Å². The van der Waals surface area contributed by atoms with E-state index in [4.69, 9.17) is 0 Å². The van der Waals surface area contributed by atoms with Crippen LogP contribution < -0.4 is 21.3 Å². The molecule has 0 fully saturated rings. The van der Waals surface area contributed by atoms with Crippen LogP contribution in [-0.4, -0.2) is 22.1 Å². The first-order valence-electron chi connectivity index (χ1n) is 14.2. The third kappa shape index (κ3) is 4.50. The summed E-state index contributed by atoms with van der Waals surface area (Å²) < 4.78 is 1.12. The molecule has 2 aromatic rings. The van der Waals surface area contributed by atoms with Crippen LogP contribution in [0.1, 0.15) is 88.0 Å². The Kier molecular flexibility index (Phi) is 7.44. The van der Waals surface area contributed by atoms with Gasteiger partial charge in [-0.15, -0.1) is 0 Å². The topological polar surface area (TPSA) is 55.6 Å². The molecule has 2 unspecified atom stereocenters. The molecule has 3 aliphatic rings. The Morgan fingerprint density at radius 1 is 0.622 bits per heavy atom. The molecule has 3 aliphatic heterocycles. The maximum atomic E-state index is 3.92. The van der Waals surface area contributed by atoms with E-state index in [0.717, 1.165) is 48.7 Å². The minimum atomic E-state index is 0.133. The molecule has 8 bridgehead atoms. The van der Waals surface area contributed by atoms with Crippen molar-refractivity contribution in [1.29, 1.82) is 0 Å². The summed E-state index contributed by atoms with van der Waals surface area (Å²) in [4.78, 5) is 7.63. The molecule has 2 atom stereocenters. The first kappa shape index (κ1) is 26.0. The lowest BCUT2D eigenvalue weighted by atomic mass is 9.98. The summed E-state index contributed by atoms with van der Waals surface area (Å²) in [5.41, 5.74) is 13.5. The Morgan fingerprint density at radius 3 is 1.78 bits per heavy atom. The fourth-order valence-corrected chi connectivity index (χ4v) is 7.10. The van der Waals surface area contributed by atoms with Crippen LogP contribution in [-0.2, 0) is 25.7 Å². The highest BCUT2D eigenvalue weighted by Crippen LogP contribution is 2.34. The molecule has 5 heterocycles. The molecule has 0 aromatic carbocycles. The van der Waals surface area contributed by atoms with E-state index in [9.17, 15) is 0 Å². The molecule has 0 radical (unpaired) electrons. The van der Waals surface area contributed by atoms with Crippen molar-refractivity contribution >= 4 is 40.2 Å². The molecule has 196 valence electrons. The smallest absolute Gasteiger partial charge is 0.0687 e. The quantitative estimate of drug-likeness (QED) is 0.356. The van der Waals surface area contributed by atoms with Gasteiger partial charge in [0.2, 0.25) is 0 Å². The Morgan fingerprint density at radius 2 is 1.22 bits per heavy atom. The van der Waals surface area contributed by atoms with Crippen LogP contribution in [0.5, 0.6) is 0 Å². The normalized spacial score (nSPS) is 23.8. The fraction of sp³-hybridized carbons (Fsp3) is 0.438. The molecule has 2 aromatic heterocycles. The van der Waals surface area contributed by atoms with Crippen LogP contribution in [0.4, 0.5) is 0 Å². The Balaban J connectivity index is 1.81. The molecule has 0 saturated heterocycles. The molecule has 4 nitrogen and oxygen atoms in total. The number of hydrogen-bond donors (Lipinski definition) is 4. The van der Waals surface area contributed by atoms with Gasteiger partial charge < -0.3 is 20.6 Å². The zero-order chi connectivity index (χ0) is 26.3. The van der Waals surface area contributed by atoms with E-state index in [1.807, 2.05) is 0 Å². The molecule has 0 spiro atoms. The van der Waals surface area contributed by atoms with Crippen LogP contribution in [0.3, 0.4) is 0 Å². The number of aromatic nitrogens is 2. The Hall–Kier alpha value is -2.66. The molecular formula is C32H41BrN4. The predicted octanol–water partition coefficient (Wildman–Crippen LogP) is 5.89. The Labute approximate surface area is 229 Å². The van der Waals surface area contributed by atoms with Crippen molar-refractivity contribution in [3.63, 3.8) is 0 Å². The number of fused-ring (bicyclic) bond motifs is 8. The van der Waals surface area contributed by atoms with Gasteiger partial charge in [-0.3, -0.25) is 0 Å². The van der Waals surface area contributed by atoms with Crippen molar-refractivity contribution < 1.29 is 0 Å². The zero-order valence-electron chi connectivity index (χ0n) is 23.2. The van der Waals surface area contributed by atoms with E-state index in [0.29, 0.717) is 0 Å². The molecule has 4 N–H and O–H groups in total. The van der Waals surface area contributed by atoms with E-state index in [1.54, 1.807) is 0 Å². The molecule has 0 saturated carbocycles. The lowest BCUT2D eigenvalue weighted by molar-refractivity contribution is 0.814. The SMILES string of the molecule is CCC1=C(CC)C2/C=c3\[nH]/c(c(CC)c3CC)=C\C3C=C(Br)/C(=C/c4[nH]c(c(CC)c4CC)C=C1N2)N3. The van der Waals surface area contributed by atoms with Gasteiger partial charge in [-0.2, -0.15) is 0 Å². The van der Waals surface area contributed by atoms with E-state index in [-0.39, 0.29) is 12.1 Å². The molecule has 0 aliphatic carbocycles. The summed E-state index contributed by atoms with van der Waals surface area (Å²) in [5, 5.41) is 10.2. The Bertz CT molecular complexity index is 1460. The first-order valence-corrected chi connectivity index (χ1v) is 15.0. The lowest BCUT2D eigenvalue weighted by Gasteiger charge is -2.11. The lowest BCUT2D eigenvalue weighted by Crippen LogP contribution is -2.26. The summed E-state index contributed by atoms with van der Waals surface area (Å²) in [6.45, 7) is 13.7. The zero-order valence-corrected chi connectivity index (χ0v) is 24.7. The number of hydrogen-bond acceptors (Lipinski definition) is 2. The second-order valence-corrected chi connectivity index (χ2v) is 11.1. The number of rotatable bonds is 6. The number of halogens is 1. The van der Waals surface area contributed by atoms with Gasteiger partial charge in [0, 0.05) is 32.3 Å². The van der Waals surface area contributed by atoms with Gasteiger partial charge in [0.25, 0.3) is 0 Å². The number of nitrogens with one attached hydrogen (secondary N) is 4. The second kappa shape index (κ2) is 10.6. The highest BCUT2D eigenvalue weighted by atomic mass is 79.9. The van der Waals surface area contributed by atoms with Crippen LogP contribution in [0.25, 0.3) is 24.3 Å². The van der Waals surface area contributed by atoms with Gasteiger partial charge in [-0.1, -0.05) is 41.5 Å². The van der Waals surface area contributed by atoms with Gasteiger partial charge in [-0.25, -0.2) is 0 Å². The van der Waals surface area contributed by atoms with Gasteiger partial charge in [0.15, 0.2) is 0 Å². The van der Waals surface area contributed by atoms with Gasteiger partial charge in [-0.05, 0) is 118 Å². The summed E-state index contributed by atoms with van der Waals surface area (Å²) in [7, 11) is 0.